The third-order valence-electron chi connectivity index (χ3n) is 3.50. The Labute approximate surface area is 107 Å². The smallest absolute Gasteiger partial charge is 0.0831 e. The number of aliphatic hydroxyl groups excluding tert-OH is 1. The number of nitrogens with zero attached hydrogens (tertiary/aromatic N) is 1. The van der Waals surface area contributed by atoms with Gasteiger partial charge in [-0.15, -0.1) is 0 Å². The minimum Gasteiger partial charge on any atom is -0.388 e. The highest BCUT2D eigenvalue weighted by Gasteiger charge is 2.23. The van der Waals surface area contributed by atoms with Crippen LogP contribution in [0.25, 0.3) is 0 Å². The van der Waals surface area contributed by atoms with Gasteiger partial charge in [-0.05, 0) is 41.5 Å². The van der Waals surface area contributed by atoms with Crippen molar-refractivity contribution in [2.24, 2.45) is 0 Å². The summed E-state index contributed by atoms with van der Waals surface area (Å²) in [5.74, 6) is 0.732. The van der Waals surface area contributed by atoms with Crippen LogP contribution in [-0.2, 0) is 6.42 Å². The van der Waals surface area contributed by atoms with Gasteiger partial charge in [-0.2, -0.15) is 0 Å². The summed E-state index contributed by atoms with van der Waals surface area (Å²) in [6.45, 7) is 0. The highest BCUT2D eigenvalue weighted by atomic mass is 16.3. The Morgan fingerprint density at radius 1 is 1.22 bits per heavy atom. The summed E-state index contributed by atoms with van der Waals surface area (Å²) in [6, 6.07) is 12.3. The molecule has 1 fully saturated rings. The fourth-order valence-electron chi connectivity index (χ4n) is 2.30. The molecule has 1 aliphatic rings. The van der Waals surface area contributed by atoms with Gasteiger partial charge in [-0.1, -0.05) is 30.3 Å². The van der Waals surface area contributed by atoms with Crippen LogP contribution >= 0.6 is 0 Å². The fraction of sp³-hybridized carbons (Fsp3) is 0.312. The molecule has 3 rings (SSSR count). The van der Waals surface area contributed by atoms with Crippen LogP contribution in [0.4, 0.5) is 0 Å². The van der Waals surface area contributed by atoms with Crippen LogP contribution in [0.2, 0.25) is 0 Å². The van der Waals surface area contributed by atoms with E-state index in [0.717, 1.165) is 17.0 Å². The van der Waals surface area contributed by atoms with Crippen molar-refractivity contribution >= 4 is 0 Å². The lowest BCUT2D eigenvalue weighted by Crippen LogP contribution is -2.02. The molecular formula is C16H17NO. The molecule has 0 amide bonds. The van der Waals surface area contributed by atoms with Gasteiger partial charge in [0.05, 0.1) is 6.10 Å². The van der Waals surface area contributed by atoms with Crippen LogP contribution in [0, 0.1) is 0 Å². The topological polar surface area (TPSA) is 33.1 Å². The molecule has 1 aromatic heterocycles. The van der Waals surface area contributed by atoms with E-state index in [1.54, 1.807) is 6.20 Å². The Hall–Kier alpha value is -1.67. The molecule has 0 saturated heterocycles. The minimum absolute atomic E-state index is 0.437. The summed E-state index contributed by atoms with van der Waals surface area (Å²) in [5, 5.41) is 10.3. The van der Waals surface area contributed by atoms with Crippen molar-refractivity contribution in [1.82, 2.24) is 4.98 Å². The minimum atomic E-state index is -0.437. The van der Waals surface area contributed by atoms with Crippen molar-refractivity contribution in [2.45, 2.75) is 31.3 Å². The van der Waals surface area contributed by atoms with Crippen molar-refractivity contribution in [1.29, 1.82) is 0 Å². The van der Waals surface area contributed by atoms with E-state index in [1.165, 1.54) is 18.4 Å². The zero-order chi connectivity index (χ0) is 12.4. The number of rotatable bonds is 4. The zero-order valence-corrected chi connectivity index (χ0v) is 10.3. The number of benzene rings is 1. The fourth-order valence-corrected chi connectivity index (χ4v) is 2.30. The maximum atomic E-state index is 10.3. The van der Waals surface area contributed by atoms with Gasteiger partial charge in [0.1, 0.15) is 0 Å². The van der Waals surface area contributed by atoms with Crippen LogP contribution in [0.5, 0.6) is 0 Å². The van der Waals surface area contributed by atoms with Gasteiger partial charge in [0, 0.05) is 18.8 Å². The van der Waals surface area contributed by atoms with Gasteiger partial charge in [-0.25, -0.2) is 0 Å². The summed E-state index contributed by atoms with van der Waals surface area (Å²) >= 11 is 0. The van der Waals surface area contributed by atoms with Crippen molar-refractivity contribution in [2.75, 3.05) is 0 Å². The Kier molecular flexibility index (Phi) is 3.11. The summed E-state index contributed by atoms with van der Waals surface area (Å²) in [7, 11) is 0. The molecule has 1 saturated carbocycles. The Bertz CT molecular complexity index is 520. The van der Waals surface area contributed by atoms with Crippen LogP contribution in [0.1, 0.15) is 41.6 Å². The third kappa shape index (κ3) is 2.59. The molecule has 18 heavy (non-hydrogen) atoms. The van der Waals surface area contributed by atoms with Gasteiger partial charge in [0.25, 0.3) is 0 Å². The quantitative estimate of drug-likeness (QED) is 0.888. The van der Waals surface area contributed by atoms with Crippen LogP contribution in [-0.4, -0.2) is 10.1 Å². The van der Waals surface area contributed by atoms with Crippen molar-refractivity contribution in [3.05, 3.63) is 65.5 Å². The predicted octanol–water partition coefficient (Wildman–Crippen LogP) is 3.24. The van der Waals surface area contributed by atoms with E-state index in [0.29, 0.717) is 6.42 Å². The van der Waals surface area contributed by atoms with E-state index in [9.17, 15) is 5.11 Å². The van der Waals surface area contributed by atoms with Crippen LogP contribution in [0.15, 0.2) is 48.8 Å². The highest BCUT2D eigenvalue weighted by molar-refractivity contribution is 5.31. The molecule has 0 aliphatic heterocycles. The molecule has 1 aliphatic carbocycles. The van der Waals surface area contributed by atoms with E-state index in [1.807, 2.05) is 24.4 Å². The summed E-state index contributed by atoms with van der Waals surface area (Å²) < 4.78 is 0. The van der Waals surface area contributed by atoms with Crippen molar-refractivity contribution in [3.8, 4) is 0 Å². The number of hydrogen-bond acceptors (Lipinski definition) is 2. The Morgan fingerprint density at radius 2 is 2.11 bits per heavy atom. The first-order valence-electron chi connectivity index (χ1n) is 6.50. The summed E-state index contributed by atoms with van der Waals surface area (Å²) in [6.07, 6.45) is 6.34. The molecule has 1 N–H and O–H groups in total. The number of aromatic nitrogens is 1. The van der Waals surface area contributed by atoms with Crippen molar-refractivity contribution < 1.29 is 5.11 Å². The number of aliphatic hydroxyl groups is 1. The van der Waals surface area contributed by atoms with Gasteiger partial charge in [-0.3, -0.25) is 4.98 Å². The second-order valence-corrected chi connectivity index (χ2v) is 5.03. The molecule has 1 unspecified atom stereocenters. The van der Waals surface area contributed by atoms with Gasteiger partial charge in [0.2, 0.25) is 0 Å². The van der Waals surface area contributed by atoms with E-state index in [2.05, 4.69) is 23.2 Å². The van der Waals surface area contributed by atoms with Crippen molar-refractivity contribution in [3.63, 3.8) is 0 Å². The van der Waals surface area contributed by atoms with Gasteiger partial charge < -0.3 is 5.11 Å². The lowest BCUT2D eigenvalue weighted by atomic mass is 9.99. The predicted molar refractivity (Wildman–Crippen MR) is 71.3 cm³/mol. The first-order valence-corrected chi connectivity index (χ1v) is 6.50. The van der Waals surface area contributed by atoms with Gasteiger partial charge >= 0.3 is 0 Å². The van der Waals surface area contributed by atoms with E-state index in [-0.39, 0.29) is 0 Å². The van der Waals surface area contributed by atoms with Crippen LogP contribution < -0.4 is 0 Å². The van der Waals surface area contributed by atoms with Crippen LogP contribution in [0.3, 0.4) is 0 Å². The first-order chi connectivity index (χ1) is 8.83. The van der Waals surface area contributed by atoms with E-state index < -0.39 is 6.10 Å². The highest BCUT2D eigenvalue weighted by Crippen LogP contribution is 2.40. The standard InChI is InChI=1S/C16H17NO/c18-16(9-12-3-2-8-17-11-12)15-5-1-4-14(10-15)13-6-7-13/h1-5,8,10-11,13,16,18H,6-7,9H2. The molecule has 92 valence electrons. The lowest BCUT2D eigenvalue weighted by Gasteiger charge is -2.12. The second kappa shape index (κ2) is 4.91. The average Bonchev–Trinajstić information content (AvgIpc) is 3.24. The SMILES string of the molecule is OC(Cc1cccnc1)c1cccc(C2CC2)c1. The first kappa shape index (κ1) is 11.4. The molecule has 0 radical (unpaired) electrons. The molecule has 0 spiro atoms. The average molecular weight is 239 g/mol. The molecule has 1 atom stereocenters. The van der Waals surface area contributed by atoms with E-state index in [4.69, 9.17) is 0 Å². The molecule has 1 aromatic carbocycles. The monoisotopic (exact) mass is 239 g/mol. The number of pyridine rings is 1. The third-order valence-corrected chi connectivity index (χ3v) is 3.50. The second-order valence-electron chi connectivity index (χ2n) is 5.03. The summed E-state index contributed by atoms with van der Waals surface area (Å²) in [5.41, 5.74) is 3.46. The molecular weight excluding hydrogens is 222 g/mol. The normalized spacial score (nSPS) is 16.5. The molecule has 0 bridgehead atoms. The molecule has 2 heteroatoms. The summed E-state index contributed by atoms with van der Waals surface area (Å²) in [4.78, 5) is 4.08. The van der Waals surface area contributed by atoms with E-state index >= 15 is 0 Å². The molecule has 1 heterocycles. The molecule has 2 nitrogen and oxygen atoms in total. The maximum Gasteiger partial charge on any atom is 0.0831 e. The molecule has 2 aromatic rings. The Morgan fingerprint density at radius 3 is 2.83 bits per heavy atom. The Balaban J connectivity index is 1.75. The van der Waals surface area contributed by atoms with Gasteiger partial charge in [0.15, 0.2) is 0 Å². The lowest BCUT2D eigenvalue weighted by molar-refractivity contribution is 0.178. The maximum absolute atomic E-state index is 10.3. The zero-order valence-electron chi connectivity index (χ0n) is 10.3. The largest absolute Gasteiger partial charge is 0.388 e. The number of hydrogen-bond donors (Lipinski definition) is 1.